The molecule has 0 radical (unpaired) electrons. The summed E-state index contributed by atoms with van der Waals surface area (Å²) in [7, 11) is 3.76. The number of guanidine groups is 1. The third-order valence-electron chi connectivity index (χ3n) is 3.99. The van der Waals surface area contributed by atoms with Crippen molar-refractivity contribution in [1.82, 2.24) is 25.0 Å². The van der Waals surface area contributed by atoms with E-state index in [2.05, 4.69) is 33.0 Å². The standard InChI is InChI=1S/C19H23FN6.HI/c1-21-19(23-13-15-8-11-25(2)14-15)22-10-7-17-9-12-26(24-17)18-5-3-16(20)4-6-18;/h3-6,8-9,11-12,14H,7,10,13H2,1-2H3,(H2,21,22,23);1H. The van der Waals surface area contributed by atoms with E-state index in [4.69, 9.17) is 0 Å². The van der Waals surface area contributed by atoms with E-state index in [0.29, 0.717) is 0 Å². The predicted molar refractivity (Wildman–Crippen MR) is 116 cm³/mol. The molecule has 0 aliphatic rings. The van der Waals surface area contributed by atoms with Gasteiger partial charge in [-0.25, -0.2) is 9.07 Å². The predicted octanol–water partition coefficient (Wildman–Crippen LogP) is 2.88. The van der Waals surface area contributed by atoms with Crippen molar-refractivity contribution in [2.45, 2.75) is 13.0 Å². The lowest BCUT2D eigenvalue weighted by molar-refractivity contribution is 0.627. The van der Waals surface area contributed by atoms with Crippen LogP contribution >= 0.6 is 24.0 Å². The number of rotatable bonds is 6. The van der Waals surface area contributed by atoms with Gasteiger partial charge >= 0.3 is 0 Å². The van der Waals surface area contributed by atoms with Gasteiger partial charge in [0, 0.05) is 52.2 Å². The van der Waals surface area contributed by atoms with Crippen molar-refractivity contribution < 1.29 is 4.39 Å². The first kappa shape index (κ1) is 20.9. The Morgan fingerprint density at radius 2 is 1.89 bits per heavy atom. The molecule has 3 rings (SSSR count). The monoisotopic (exact) mass is 482 g/mol. The maximum absolute atomic E-state index is 13.0. The van der Waals surface area contributed by atoms with E-state index in [9.17, 15) is 4.39 Å². The molecule has 0 aliphatic carbocycles. The molecule has 0 atom stereocenters. The lowest BCUT2D eigenvalue weighted by Crippen LogP contribution is -2.37. The Morgan fingerprint density at radius 3 is 2.56 bits per heavy atom. The molecule has 0 amide bonds. The van der Waals surface area contributed by atoms with Crippen molar-refractivity contribution in [2.24, 2.45) is 12.0 Å². The van der Waals surface area contributed by atoms with Gasteiger partial charge in [-0.1, -0.05) is 0 Å². The van der Waals surface area contributed by atoms with E-state index in [1.807, 2.05) is 30.1 Å². The maximum atomic E-state index is 13.0. The summed E-state index contributed by atoms with van der Waals surface area (Å²) in [5.41, 5.74) is 3.00. The van der Waals surface area contributed by atoms with Gasteiger partial charge in [0.1, 0.15) is 5.82 Å². The third-order valence-corrected chi connectivity index (χ3v) is 3.99. The van der Waals surface area contributed by atoms with Crippen molar-refractivity contribution in [3.05, 3.63) is 72.1 Å². The van der Waals surface area contributed by atoms with Crippen molar-refractivity contribution in [3.63, 3.8) is 0 Å². The minimum absolute atomic E-state index is 0. The van der Waals surface area contributed by atoms with Gasteiger partial charge in [-0.05, 0) is 42.0 Å². The molecule has 144 valence electrons. The van der Waals surface area contributed by atoms with E-state index in [0.717, 1.165) is 36.9 Å². The molecule has 1 aromatic carbocycles. The van der Waals surface area contributed by atoms with Crippen LogP contribution in [0, 0.1) is 5.82 Å². The number of halogens is 2. The van der Waals surface area contributed by atoms with E-state index < -0.39 is 0 Å². The number of aryl methyl sites for hydroxylation is 1. The Hall–Kier alpha value is -2.36. The smallest absolute Gasteiger partial charge is 0.191 e. The molecule has 6 nitrogen and oxygen atoms in total. The minimum Gasteiger partial charge on any atom is -0.357 e. The summed E-state index contributed by atoms with van der Waals surface area (Å²) >= 11 is 0. The summed E-state index contributed by atoms with van der Waals surface area (Å²) in [5.74, 6) is 0.506. The van der Waals surface area contributed by atoms with Crippen molar-refractivity contribution in [1.29, 1.82) is 0 Å². The first-order valence-electron chi connectivity index (χ1n) is 8.50. The Bertz CT molecular complexity index is 868. The van der Waals surface area contributed by atoms with Crippen molar-refractivity contribution in [3.8, 4) is 5.69 Å². The lowest BCUT2D eigenvalue weighted by atomic mass is 10.3. The molecule has 2 heterocycles. The van der Waals surface area contributed by atoms with Gasteiger partial charge in [-0.3, -0.25) is 4.99 Å². The van der Waals surface area contributed by atoms with Crippen LogP contribution in [0.1, 0.15) is 11.3 Å². The Morgan fingerprint density at radius 1 is 1.11 bits per heavy atom. The number of hydrogen-bond donors (Lipinski definition) is 2. The van der Waals surface area contributed by atoms with Crippen LogP contribution in [0.2, 0.25) is 0 Å². The quantitative estimate of drug-likeness (QED) is 0.323. The van der Waals surface area contributed by atoms with Gasteiger partial charge < -0.3 is 15.2 Å². The molecule has 0 bridgehead atoms. The highest BCUT2D eigenvalue weighted by Crippen LogP contribution is 2.09. The minimum atomic E-state index is -0.250. The Labute approximate surface area is 175 Å². The molecule has 2 N–H and O–H groups in total. The molecule has 0 saturated carbocycles. The summed E-state index contributed by atoms with van der Waals surface area (Å²) in [5, 5.41) is 11.1. The molecular weight excluding hydrogens is 458 g/mol. The Kier molecular flexibility index (Phi) is 7.83. The third kappa shape index (κ3) is 6.09. The van der Waals surface area contributed by atoms with Gasteiger partial charge in [0.25, 0.3) is 0 Å². The SMILES string of the molecule is CN=C(NCCc1ccn(-c2ccc(F)cc2)n1)NCc1ccn(C)c1.I. The number of aromatic nitrogens is 3. The van der Waals surface area contributed by atoms with E-state index in [-0.39, 0.29) is 29.8 Å². The highest BCUT2D eigenvalue weighted by atomic mass is 127. The lowest BCUT2D eigenvalue weighted by Gasteiger charge is -2.10. The number of nitrogens with zero attached hydrogens (tertiary/aromatic N) is 4. The molecule has 0 spiro atoms. The van der Waals surface area contributed by atoms with Crippen LogP contribution in [-0.4, -0.2) is 33.9 Å². The highest BCUT2D eigenvalue weighted by molar-refractivity contribution is 14.0. The molecule has 2 aromatic heterocycles. The zero-order valence-electron chi connectivity index (χ0n) is 15.4. The molecule has 8 heteroatoms. The van der Waals surface area contributed by atoms with Crippen LogP contribution in [0.4, 0.5) is 4.39 Å². The van der Waals surface area contributed by atoms with Gasteiger partial charge in [-0.2, -0.15) is 5.10 Å². The molecule has 3 aromatic rings. The van der Waals surface area contributed by atoms with Gasteiger partial charge in [0.2, 0.25) is 0 Å². The first-order chi connectivity index (χ1) is 12.6. The van der Waals surface area contributed by atoms with Crippen LogP contribution in [0.25, 0.3) is 5.69 Å². The van der Waals surface area contributed by atoms with Crippen LogP contribution in [-0.2, 0) is 20.0 Å². The summed E-state index contributed by atoms with van der Waals surface area (Å²) in [6.45, 7) is 1.44. The second-order valence-corrected chi connectivity index (χ2v) is 6.02. The van der Waals surface area contributed by atoms with Gasteiger partial charge in [0.15, 0.2) is 5.96 Å². The van der Waals surface area contributed by atoms with Crippen LogP contribution in [0.5, 0.6) is 0 Å². The first-order valence-corrected chi connectivity index (χ1v) is 8.50. The average molecular weight is 482 g/mol. The Balaban J connectivity index is 0.00000261. The molecule has 0 aliphatic heterocycles. The second-order valence-electron chi connectivity index (χ2n) is 6.02. The molecule has 0 fully saturated rings. The highest BCUT2D eigenvalue weighted by Gasteiger charge is 2.03. The molecular formula is C19H24FIN6. The second kappa shape index (κ2) is 10.1. The topological polar surface area (TPSA) is 59.2 Å². The molecule has 0 unspecified atom stereocenters. The fourth-order valence-electron chi connectivity index (χ4n) is 2.61. The van der Waals surface area contributed by atoms with Crippen LogP contribution < -0.4 is 10.6 Å². The zero-order valence-corrected chi connectivity index (χ0v) is 17.7. The van der Waals surface area contributed by atoms with Gasteiger partial charge in [0.05, 0.1) is 11.4 Å². The molecule has 27 heavy (non-hydrogen) atoms. The van der Waals surface area contributed by atoms with Crippen LogP contribution in [0.3, 0.4) is 0 Å². The average Bonchev–Trinajstić information content (AvgIpc) is 3.28. The summed E-state index contributed by atoms with van der Waals surface area (Å²) < 4.78 is 16.8. The van der Waals surface area contributed by atoms with Crippen LogP contribution in [0.15, 0.2) is 60.0 Å². The van der Waals surface area contributed by atoms with E-state index >= 15 is 0 Å². The fraction of sp³-hybridized carbons (Fsp3) is 0.263. The van der Waals surface area contributed by atoms with Crippen molar-refractivity contribution in [2.75, 3.05) is 13.6 Å². The van der Waals surface area contributed by atoms with E-state index in [1.165, 1.54) is 17.7 Å². The number of benzene rings is 1. The summed E-state index contributed by atoms with van der Waals surface area (Å²) in [4.78, 5) is 4.23. The summed E-state index contributed by atoms with van der Waals surface area (Å²) in [6.07, 6.45) is 6.73. The maximum Gasteiger partial charge on any atom is 0.191 e. The normalized spacial score (nSPS) is 11.1. The van der Waals surface area contributed by atoms with Gasteiger partial charge in [-0.15, -0.1) is 24.0 Å². The largest absolute Gasteiger partial charge is 0.357 e. The number of hydrogen-bond acceptors (Lipinski definition) is 2. The van der Waals surface area contributed by atoms with Crippen molar-refractivity contribution >= 4 is 29.9 Å². The number of aliphatic imine (C=N–C) groups is 1. The zero-order chi connectivity index (χ0) is 18.4. The molecule has 0 saturated heterocycles. The van der Waals surface area contributed by atoms with E-state index in [1.54, 1.807) is 23.9 Å². The summed E-state index contributed by atoms with van der Waals surface area (Å²) in [6, 6.07) is 10.3. The number of nitrogens with one attached hydrogen (secondary N) is 2. The fourth-order valence-corrected chi connectivity index (χ4v) is 2.61.